The third kappa shape index (κ3) is 4.73. The van der Waals surface area contributed by atoms with Crippen LogP contribution in [-0.4, -0.2) is 47.9 Å². The van der Waals surface area contributed by atoms with Crippen molar-refractivity contribution in [1.29, 1.82) is 0 Å². The molecule has 3 atom stereocenters. The molecule has 1 aromatic carbocycles. The largest absolute Gasteiger partial charge is 0.375 e. The van der Waals surface area contributed by atoms with Gasteiger partial charge < -0.3 is 19.9 Å². The first-order valence-corrected chi connectivity index (χ1v) is 9.76. The van der Waals surface area contributed by atoms with Gasteiger partial charge in [-0.25, -0.2) is 0 Å². The number of hydrogen-bond donors (Lipinski definition) is 2. The number of hydrogen-bond acceptors (Lipinski definition) is 6. The number of ether oxygens (including phenoxy) is 1. The maximum atomic E-state index is 12.5. The van der Waals surface area contributed by atoms with Crippen molar-refractivity contribution in [2.45, 2.75) is 44.2 Å². The molecule has 7 nitrogen and oxygen atoms in total. The average Bonchev–Trinajstić information content (AvgIpc) is 3.15. The Labute approximate surface area is 158 Å². The van der Waals surface area contributed by atoms with Crippen molar-refractivity contribution in [2.75, 3.05) is 19.7 Å². The van der Waals surface area contributed by atoms with E-state index in [0.717, 1.165) is 38.0 Å². The van der Waals surface area contributed by atoms with E-state index in [1.165, 1.54) is 0 Å². The van der Waals surface area contributed by atoms with Gasteiger partial charge in [-0.15, -0.1) is 0 Å². The normalized spacial score (nSPS) is 25.0. The zero-order valence-electron chi connectivity index (χ0n) is 15.4. The van der Waals surface area contributed by atoms with Crippen molar-refractivity contribution in [3.8, 4) is 0 Å². The van der Waals surface area contributed by atoms with E-state index < -0.39 is 0 Å². The standard InChI is InChI=1S/C20H26N4O3/c25-20(15-6-7-17-16(13-15)21-10-11-26-17)22-9-8-19-23-18(24-27-19)12-14-4-2-1-3-5-14/h1-5,15-17,21H,6-13H2,(H,22,25)/t15-,16+,17+/m0/s1. The lowest BCUT2D eigenvalue weighted by molar-refractivity contribution is -0.128. The van der Waals surface area contributed by atoms with Crippen LogP contribution in [0.3, 0.4) is 0 Å². The molecule has 2 fully saturated rings. The summed E-state index contributed by atoms with van der Waals surface area (Å²) in [5.74, 6) is 1.40. The zero-order valence-corrected chi connectivity index (χ0v) is 15.4. The van der Waals surface area contributed by atoms with Gasteiger partial charge >= 0.3 is 0 Å². The lowest BCUT2D eigenvalue weighted by Gasteiger charge is -2.39. The van der Waals surface area contributed by atoms with Gasteiger partial charge in [0, 0.05) is 37.9 Å². The second-order valence-corrected chi connectivity index (χ2v) is 7.29. The molecule has 1 aliphatic carbocycles. The van der Waals surface area contributed by atoms with E-state index >= 15 is 0 Å². The molecule has 0 bridgehead atoms. The molecule has 2 aromatic rings. The summed E-state index contributed by atoms with van der Waals surface area (Å²) in [5.41, 5.74) is 1.15. The van der Waals surface area contributed by atoms with Crippen molar-refractivity contribution in [3.05, 3.63) is 47.6 Å². The maximum Gasteiger partial charge on any atom is 0.228 e. The minimum Gasteiger partial charge on any atom is -0.375 e. The molecular formula is C20H26N4O3. The van der Waals surface area contributed by atoms with Gasteiger partial charge in [0.15, 0.2) is 5.82 Å². The van der Waals surface area contributed by atoms with Crippen LogP contribution < -0.4 is 10.6 Å². The summed E-state index contributed by atoms with van der Waals surface area (Å²) in [7, 11) is 0. The number of carbonyl (C=O) groups is 1. The van der Waals surface area contributed by atoms with Gasteiger partial charge in [0.1, 0.15) is 0 Å². The van der Waals surface area contributed by atoms with Crippen LogP contribution in [0.25, 0.3) is 0 Å². The van der Waals surface area contributed by atoms with Gasteiger partial charge in [-0.2, -0.15) is 4.98 Å². The Hall–Kier alpha value is -2.25. The predicted octanol–water partition coefficient (Wildman–Crippen LogP) is 1.48. The highest BCUT2D eigenvalue weighted by Crippen LogP contribution is 2.28. The molecule has 0 unspecified atom stereocenters. The van der Waals surface area contributed by atoms with E-state index in [-0.39, 0.29) is 17.9 Å². The van der Waals surface area contributed by atoms with Crippen LogP contribution in [0.2, 0.25) is 0 Å². The summed E-state index contributed by atoms with van der Waals surface area (Å²) in [6, 6.07) is 10.4. The van der Waals surface area contributed by atoms with Crippen LogP contribution in [0.4, 0.5) is 0 Å². The minimum atomic E-state index is 0.0526. The number of nitrogens with one attached hydrogen (secondary N) is 2. The van der Waals surface area contributed by atoms with Crippen LogP contribution in [0.5, 0.6) is 0 Å². The molecule has 1 saturated carbocycles. The van der Waals surface area contributed by atoms with Crippen LogP contribution in [0.15, 0.2) is 34.9 Å². The van der Waals surface area contributed by atoms with Crippen molar-refractivity contribution < 1.29 is 14.1 Å². The smallest absolute Gasteiger partial charge is 0.228 e. The van der Waals surface area contributed by atoms with Crippen LogP contribution in [0, 0.1) is 5.92 Å². The second kappa shape index (κ2) is 8.63. The number of morpholine rings is 1. The summed E-state index contributed by atoms with van der Waals surface area (Å²) < 4.78 is 11.1. The van der Waals surface area contributed by atoms with Gasteiger partial charge in [0.05, 0.1) is 12.7 Å². The van der Waals surface area contributed by atoms with Crippen LogP contribution in [-0.2, 0) is 22.4 Å². The number of aromatic nitrogens is 2. The Balaban J connectivity index is 1.21. The third-order valence-electron chi connectivity index (χ3n) is 5.35. The highest BCUT2D eigenvalue weighted by molar-refractivity contribution is 5.78. The topological polar surface area (TPSA) is 89.3 Å². The molecule has 1 amide bonds. The van der Waals surface area contributed by atoms with Gasteiger partial charge in [-0.3, -0.25) is 4.79 Å². The predicted molar refractivity (Wildman–Crippen MR) is 99.1 cm³/mol. The molecule has 0 radical (unpaired) electrons. The number of nitrogens with zero attached hydrogens (tertiary/aromatic N) is 2. The van der Waals surface area contributed by atoms with E-state index in [2.05, 4.69) is 20.8 Å². The molecule has 2 N–H and O–H groups in total. The lowest BCUT2D eigenvalue weighted by Crippen LogP contribution is -2.53. The van der Waals surface area contributed by atoms with E-state index in [0.29, 0.717) is 37.1 Å². The molecule has 2 aliphatic rings. The number of amides is 1. The Morgan fingerprint density at radius 3 is 3.04 bits per heavy atom. The fourth-order valence-corrected chi connectivity index (χ4v) is 3.93. The SMILES string of the molecule is O=C(NCCc1nc(Cc2ccccc2)no1)[C@H]1CC[C@H]2OCCN[C@@H]2C1. The number of benzene rings is 1. The lowest BCUT2D eigenvalue weighted by atomic mass is 9.82. The zero-order chi connectivity index (χ0) is 18.5. The molecule has 1 aliphatic heterocycles. The Kier molecular flexibility index (Phi) is 5.79. The van der Waals surface area contributed by atoms with Crippen molar-refractivity contribution in [2.24, 2.45) is 5.92 Å². The first-order valence-electron chi connectivity index (χ1n) is 9.76. The monoisotopic (exact) mass is 370 g/mol. The van der Waals surface area contributed by atoms with E-state index in [1.54, 1.807) is 0 Å². The first-order chi connectivity index (χ1) is 13.3. The highest BCUT2D eigenvalue weighted by Gasteiger charge is 2.35. The Morgan fingerprint density at radius 2 is 2.15 bits per heavy atom. The Bertz CT molecular complexity index is 749. The van der Waals surface area contributed by atoms with E-state index in [9.17, 15) is 4.79 Å². The molecule has 7 heteroatoms. The molecule has 2 heterocycles. The van der Waals surface area contributed by atoms with Crippen molar-refractivity contribution >= 4 is 5.91 Å². The minimum absolute atomic E-state index is 0.0526. The average molecular weight is 370 g/mol. The quantitative estimate of drug-likeness (QED) is 0.801. The van der Waals surface area contributed by atoms with E-state index in [4.69, 9.17) is 9.26 Å². The molecule has 4 rings (SSSR count). The fourth-order valence-electron chi connectivity index (χ4n) is 3.93. The molecule has 0 spiro atoms. The maximum absolute atomic E-state index is 12.5. The molecule has 27 heavy (non-hydrogen) atoms. The highest BCUT2D eigenvalue weighted by atomic mass is 16.5. The molecule has 1 aromatic heterocycles. The summed E-state index contributed by atoms with van der Waals surface area (Å²) in [6.07, 6.45) is 4.14. The number of fused-ring (bicyclic) bond motifs is 1. The van der Waals surface area contributed by atoms with Gasteiger partial charge in [-0.1, -0.05) is 35.5 Å². The second-order valence-electron chi connectivity index (χ2n) is 7.29. The van der Waals surface area contributed by atoms with Crippen molar-refractivity contribution in [1.82, 2.24) is 20.8 Å². The van der Waals surface area contributed by atoms with Crippen molar-refractivity contribution in [3.63, 3.8) is 0 Å². The summed E-state index contributed by atoms with van der Waals surface area (Å²) in [6.45, 7) is 2.16. The molecular weight excluding hydrogens is 344 g/mol. The number of carbonyl (C=O) groups excluding carboxylic acids is 1. The molecule has 1 saturated heterocycles. The summed E-state index contributed by atoms with van der Waals surface area (Å²) in [5, 5.41) is 10.5. The van der Waals surface area contributed by atoms with Gasteiger partial charge in [0.2, 0.25) is 11.8 Å². The third-order valence-corrected chi connectivity index (χ3v) is 5.35. The van der Waals surface area contributed by atoms with Gasteiger partial charge in [0.25, 0.3) is 0 Å². The summed E-state index contributed by atoms with van der Waals surface area (Å²) in [4.78, 5) is 16.9. The first kappa shape index (κ1) is 18.1. The van der Waals surface area contributed by atoms with Crippen LogP contribution in [0.1, 0.15) is 36.5 Å². The van der Waals surface area contributed by atoms with Crippen LogP contribution >= 0.6 is 0 Å². The summed E-state index contributed by atoms with van der Waals surface area (Å²) >= 11 is 0. The fraction of sp³-hybridized carbons (Fsp3) is 0.550. The Morgan fingerprint density at radius 1 is 1.26 bits per heavy atom. The van der Waals surface area contributed by atoms with Gasteiger partial charge in [-0.05, 0) is 24.8 Å². The van der Waals surface area contributed by atoms with E-state index in [1.807, 2.05) is 30.3 Å². The molecule has 144 valence electrons. The number of rotatable bonds is 6.